The van der Waals surface area contributed by atoms with E-state index in [9.17, 15) is 14.0 Å². The first-order chi connectivity index (χ1) is 10.5. The van der Waals surface area contributed by atoms with E-state index in [1.54, 1.807) is 17.8 Å². The van der Waals surface area contributed by atoms with E-state index < -0.39 is 0 Å². The number of rotatable bonds is 3. The van der Waals surface area contributed by atoms with Crippen LogP contribution in [0.25, 0.3) is 0 Å². The Hall–Kier alpha value is -2.08. The van der Waals surface area contributed by atoms with Crippen molar-refractivity contribution in [3.63, 3.8) is 0 Å². The molecule has 6 heteroatoms. The molecule has 0 radical (unpaired) electrons. The fourth-order valence-electron chi connectivity index (χ4n) is 2.48. The molecule has 0 spiro atoms. The molecule has 2 N–H and O–H groups in total. The zero-order valence-electron chi connectivity index (χ0n) is 12.0. The van der Waals surface area contributed by atoms with Crippen molar-refractivity contribution in [1.29, 1.82) is 0 Å². The molecule has 3 rings (SSSR count). The van der Waals surface area contributed by atoms with E-state index in [-0.39, 0.29) is 23.5 Å². The van der Waals surface area contributed by atoms with E-state index in [1.807, 2.05) is 0 Å². The lowest BCUT2D eigenvalue weighted by Gasteiger charge is -2.25. The highest BCUT2D eigenvalue weighted by Gasteiger charge is 2.24. The summed E-state index contributed by atoms with van der Waals surface area (Å²) in [6.45, 7) is 1.45. The maximum absolute atomic E-state index is 13.5. The minimum Gasteiger partial charge on any atom is -0.356 e. The van der Waals surface area contributed by atoms with Gasteiger partial charge in [-0.2, -0.15) is 0 Å². The van der Waals surface area contributed by atoms with Crippen LogP contribution in [0.5, 0.6) is 0 Å². The number of H-pyrrole nitrogens is 1. The molecule has 2 aromatic rings. The summed E-state index contributed by atoms with van der Waals surface area (Å²) >= 11 is 1.66. The molecule has 22 heavy (non-hydrogen) atoms. The second kappa shape index (κ2) is 5.96. The van der Waals surface area contributed by atoms with Crippen molar-refractivity contribution in [2.24, 2.45) is 0 Å². The smallest absolute Gasteiger partial charge is 0.268 e. The molecule has 2 heterocycles. The van der Waals surface area contributed by atoms with Crippen LogP contribution >= 0.6 is 11.8 Å². The molecule has 1 aromatic carbocycles. The summed E-state index contributed by atoms with van der Waals surface area (Å²) in [4.78, 5) is 27.4. The van der Waals surface area contributed by atoms with E-state index in [1.165, 1.54) is 31.3 Å². The highest BCUT2D eigenvalue weighted by molar-refractivity contribution is 7.99. The number of carbonyl (C=O) groups excluding carboxylic acids is 2. The first kappa shape index (κ1) is 14.8. The van der Waals surface area contributed by atoms with Crippen molar-refractivity contribution in [3.05, 3.63) is 53.1 Å². The number of hydrogen-bond donors (Lipinski definition) is 2. The van der Waals surface area contributed by atoms with Gasteiger partial charge in [0.05, 0.1) is 6.04 Å². The Morgan fingerprint density at radius 1 is 1.36 bits per heavy atom. The van der Waals surface area contributed by atoms with Crippen LogP contribution in [0.4, 0.5) is 4.39 Å². The summed E-state index contributed by atoms with van der Waals surface area (Å²) in [5.41, 5.74) is 1.61. The Labute approximate surface area is 131 Å². The third-order valence-electron chi connectivity index (χ3n) is 3.65. The summed E-state index contributed by atoms with van der Waals surface area (Å²) in [5.74, 6) is 0.170. The van der Waals surface area contributed by atoms with E-state index in [0.29, 0.717) is 11.3 Å². The lowest BCUT2D eigenvalue weighted by Crippen LogP contribution is -2.31. The molecule has 0 bridgehead atoms. The lowest BCUT2D eigenvalue weighted by molar-refractivity contribution is 0.0930. The number of hydrogen-bond acceptors (Lipinski definition) is 3. The van der Waals surface area contributed by atoms with Crippen LogP contribution in [0, 0.1) is 5.82 Å². The number of ketones is 1. The van der Waals surface area contributed by atoms with Crippen LogP contribution in [0.3, 0.4) is 0 Å². The van der Waals surface area contributed by atoms with Crippen LogP contribution in [-0.4, -0.2) is 22.4 Å². The number of Topliss-reactive ketones (excluding diaryl/α,β-unsaturated/α-hetero) is 1. The summed E-state index contributed by atoms with van der Waals surface area (Å²) in [6.07, 6.45) is 2.26. The molecule has 0 fully saturated rings. The monoisotopic (exact) mass is 318 g/mol. The molecule has 1 atom stereocenters. The van der Waals surface area contributed by atoms with Crippen molar-refractivity contribution in [2.75, 3.05) is 5.75 Å². The molecule has 0 aliphatic carbocycles. The first-order valence-electron chi connectivity index (χ1n) is 6.97. The third kappa shape index (κ3) is 2.92. The van der Waals surface area contributed by atoms with E-state index >= 15 is 0 Å². The molecule has 114 valence electrons. The number of nitrogens with one attached hydrogen (secondary N) is 2. The number of benzene rings is 1. The second-order valence-corrected chi connectivity index (χ2v) is 6.34. The van der Waals surface area contributed by atoms with Gasteiger partial charge in [0, 0.05) is 22.4 Å². The molecular weight excluding hydrogens is 303 g/mol. The highest BCUT2D eigenvalue weighted by atomic mass is 32.2. The van der Waals surface area contributed by atoms with Crippen LogP contribution in [0.1, 0.15) is 45.8 Å². The van der Waals surface area contributed by atoms with Gasteiger partial charge < -0.3 is 10.3 Å². The van der Waals surface area contributed by atoms with Crippen LogP contribution in [0.2, 0.25) is 0 Å². The minimum absolute atomic E-state index is 0.100. The van der Waals surface area contributed by atoms with E-state index in [4.69, 9.17) is 0 Å². The predicted molar refractivity (Wildman–Crippen MR) is 82.7 cm³/mol. The predicted octanol–water partition coefficient (Wildman–Crippen LogP) is 3.32. The van der Waals surface area contributed by atoms with Gasteiger partial charge >= 0.3 is 0 Å². The maximum Gasteiger partial charge on any atom is 0.268 e. The largest absolute Gasteiger partial charge is 0.356 e. The average Bonchev–Trinajstić information content (AvgIpc) is 2.98. The van der Waals surface area contributed by atoms with Gasteiger partial charge in [0.25, 0.3) is 5.91 Å². The number of fused-ring (bicyclic) bond motifs is 1. The van der Waals surface area contributed by atoms with Crippen molar-refractivity contribution in [3.8, 4) is 0 Å². The molecular formula is C16H15FN2O2S. The Morgan fingerprint density at radius 3 is 2.91 bits per heavy atom. The Bertz CT molecular complexity index is 741. The SMILES string of the molecule is CC(=O)c1c[nH]c(C(=O)N[C@@H]2CCSc3ccc(F)cc32)c1. The molecule has 1 aliphatic heterocycles. The van der Waals surface area contributed by atoms with Crippen molar-refractivity contribution in [2.45, 2.75) is 24.3 Å². The van der Waals surface area contributed by atoms with Gasteiger partial charge in [-0.05, 0) is 43.2 Å². The van der Waals surface area contributed by atoms with Crippen molar-refractivity contribution < 1.29 is 14.0 Å². The van der Waals surface area contributed by atoms with Gasteiger partial charge in [0.15, 0.2) is 5.78 Å². The average molecular weight is 318 g/mol. The summed E-state index contributed by atoms with van der Waals surface area (Å²) in [7, 11) is 0. The van der Waals surface area contributed by atoms with Gasteiger partial charge in [-0.15, -0.1) is 11.8 Å². The number of amides is 1. The fraction of sp³-hybridized carbons (Fsp3) is 0.250. The summed E-state index contributed by atoms with van der Waals surface area (Å²) < 4.78 is 13.5. The lowest BCUT2D eigenvalue weighted by atomic mass is 10.0. The molecule has 0 saturated heterocycles. The summed E-state index contributed by atoms with van der Waals surface area (Å²) in [6, 6.07) is 5.96. The summed E-state index contributed by atoms with van der Waals surface area (Å²) in [5, 5.41) is 2.91. The molecule has 1 amide bonds. The number of thioether (sulfide) groups is 1. The van der Waals surface area contributed by atoms with Gasteiger partial charge in [0.1, 0.15) is 11.5 Å². The Kier molecular flexibility index (Phi) is 4.02. The maximum atomic E-state index is 13.5. The molecule has 0 saturated carbocycles. The van der Waals surface area contributed by atoms with Crippen LogP contribution in [-0.2, 0) is 0 Å². The normalized spacial score (nSPS) is 16.9. The molecule has 1 aromatic heterocycles. The highest BCUT2D eigenvalue weighted by Crippen LogP contribution is 2.36. The van der Waals surface area contributed by atoms with Gasteiger partial charge in [-0.25, -0.2) is 4.39 Å². The van der Waals surface area contributed by atoms with Crippen molar-refractivity contribution >= 4 is 23.5 Å². The van der Waals surface area contributed by atoms with Crippen LogP contribution < -0.4 is 5.32 Å². The minimum atomic E-state index is -0.306. The Balaban J connectivity index is 1.80. The second-order valence-electron chi connectivity index (χ2n) is 5.20. The standard InChI is InChI=1S/C16H15FN2O2S/c1-9(20)10-6-14(18-8-10)16(21)19-13-4-5-22-15-3-2-11(17)7-12(13)15/h2-3,6-8,13,18H,4-5H2,1H3,(H,19,21)/t13-/m1/s1. The van der Waals surface area contributed by atoms with Crippen molar-refractivity contribution in [1.82, 2.24) is 10.3 Å². The first-order valence-corrected chi connectivity index (χ1v) is 7.95. The quantitative estimate of drug-likeness (QED) is 0.853. The fourth-order valence-corrected chi connectivity index (χ4v) is 3.59. The Morgan fingerprint density at radius 2 is 2.18 bits per heavy atom. The molecule has 4 nitrogen and oxygen atoms in total. The zero-order valence-corrected chi connectivity index (χ0v) is 12.8. The van der Waals surface area contributed by atoms with Crippen LogP contribution in [0.15, 0.2) is 35.4 Å². The molecule has 1 aliphatic rings. The zero-order chi connectivity index (χ0) is 15.7. The third-order valence-corrected chi connectivity index (χ3v) is 4.77. The van der Waals surface area contributed by atoms with Gasteiger partial charge in [0.2, 0.25) is 0 Å². The van der Waals surface area contributed by atoms with E-state index in [0.717, 1.165) is 22.6 Å². The number of halogens is 1. The van der Waals surface area contributed by atoms with E-state index in [2.05, 4.69) is 10.3 Å². The number of aromatic nitrogens is 1. The number of carbonyl (C=O) groups is 2. The topological polar surface area (TPSA) is 62.0 Å². The number of aromatic amines is 1. The molecule has 0 unspecified atom stereocenters. The van der Waals surface area contributed by atoms with Gasteiger partial charge in [-0.3, -0.25) is 9.59 Å². The van der Waals surface area contributed by atoms with Gasteiger partial charge in [-0.1, -0.05) is 0 Å².